The fraction of sp³-hybridized carbons (Fsp3) is 0.0196. The zero-order valence-electron chi connectivity index (χ0n) is 28.3. The summed E-state index contributed by atoms with van der Waals surface area (Å²) >= 11 is 0. The lowest BCUT2D eigenvalue weighted by molar-refractivity contribution is 1.28. The molecule has 0 aliphatic heterocycles. The number of hydrogen-bond donors (Lipinski definition) is 0. The summed E-state index contributed by atoms with van der Waals surface area (Å²) in [5.41, 5.74) is 12.5. The Morgan fingerprint density at radius 1 is 0.333 bits per heavy atom. The van der Waals surface area contributed by atoms with Gasteiger partial charge in [-0.05, 0) is 94.4 Å². The molecule has 0 spiro atoms. The van der Waals surface area contributed by atoms with Crippen LogP contribution in [0.15, 0.2) is 200 Å². The van der Waals surface area contributed by atoms with Crippen LogP contribution in [0.4, 0.5) is 0 Å². The van der Waals surface area contributed by atoms with Gasteiger partial charge in [-0.25, -0.2) is 0 Å². The lowest BCUT2D eigenvalue weighted by Gasteiger charge is -2.19. The third-order valence-electron chi connectivity index (χ3n) is 10.1. The Kier molecular flexibility index (Phi) is 8.04. The van der Waals surface area contributed by atoms with E-state index in [1.54, 1.807) is 0 Å². The summed E-state index contributed by atoms with van der Waals surface area (Å²) < 4.78 is 0. The molecule has 0 nitrogen and oxygen atoms in total. The summed E-state index contributed by atoms with van der Waals surface area (Å²) in [7, 11) is 0. The summed E-state index contributed by atoms with van der Waals surface area (Å²) in [6.45, 7) is 0. The quantitative estimate of drug-likeness (QED) is 0.119. The van der Waals surface area contributed by atoms with Gasteiger partial charge in [-0.15, -0.1) is 0 Å². The van der Waals surface area contributed by atoms with Crippen LogP contribution in [-0.4, -0.2) is 0 Å². The van der Waals surface area contributed by atoms with Crippen molar-refractivity contribution in [3.63, 3.8) is 0 Å². The van der Waals surface area contributed by atoms with Crippen LogP contribution in [-0.2, 0) is 6.42 Å². The van der Waals surface area contributed by atoms with Crippen LogP contribution in [0.2, 0.25) is 0 Å². The van der Waals surface area contributed by atoms with E-state index in [1.165, 1.54) is 88.0 Å². The van der Waals surface area contributed by atoms with Gasteiger partial charge in [0.25, 0.3) is 0 Å². The monoisotopic (exact) mass is 648 g/mol. The average Bonchev–Trinajstić information content (AvgIpc) is 3.21. The lowest BCUT2D eigenvalue weighted by Crippen LogP contribution is -1.92. The van der Waals surface area contributed by atoms with Crippen molar-refractivity contribution >= 4 is 38.4 Å². The van der Waals surface area contributed by atoms with Crippen LogP contribution in [0.1, 0.15) is 11.1 Å². The lowest BCUT2D eigenvalue weighted by atomic mass is 9.84. The number of allylic oxidation sites excluding steroid dienone is 1. The Bertz CT molecular complexity index is 2660. The second-order valence-corrected chi connectivity index (χ2v) is 13.2. The molecule has 0 N–H and O–H groups in total. The van der Waals surface area contributed by atoms with Crippen molar-refractivity contribution in [3.8, 4) is 44.5 Å². The van der Waals surface area contributed by atoms with Crippen LogP contribution in [0.3, 0.4) is 0 Å². The first-order valence-corrected chi connectivity index (χ1v) is 17.7. The van der Waals surface area contributed by atoms with Gasteiger partial charge in [0.15, 0.2) is 0 Å². The molecular formula is C51H36. The largest absolute Gasteiger partial charge is 0.0795 e. The Morgan fingerprint density at radius 3 is 1.59 bits per heavy atom. The maximum Gasteiger partial charge on any atom is -0.00141 e. The highest BCUT2D eigenvalue weighted by atomic mass is 14.2. The highest BCUT2D eigenvalue weighted by Crippen LogP contribution is 2.46. The Labute approximate surface area is 299 Å². The van der Waals surface area contributed by atoms with E-state index in [0.717, 1.165) is 6.42 Å². The van der Waals surface area contributed by atoms with Crippen LogP contribution < -0.4 is 0 Å². The van der Waals surface area contributed by atoms with E-state index in [2.05, 4.69) is 206 Å². The van der Waals surface area contributed by atoms with E-state index in [4.69, 9.17) is 0 Å². The molecule has 0 amide bonds. The molecule has 0 fully saturated rings. The Hall–Kier alpha value is -6.50. The average molecular weight is 649 g/mol. The fourth-order valence-corrected chi connectivity index (χ4v) is 7.62. The van der Waals surface area contributed by atoms with Crippen molar-refractivity contribution in [2.45, 2.75) is 6.42 Å². The summed E-state index contributed by atoms with van der Waals surface area (Å²) in [6.07, 6.45) is 5.40. The summed E-state index contributed by atoms with van der Waals surface area (Å²) in [5.74, 6) is 0. The van der Waals surface area contributed by atoms with Crippen molar-refractivity contribution in [2.75, 3.05) is 0 Å². The highest BCUT2D eigenvalue weighted by Gasteiger charge is 2.18. The Balaban J connectivity index is 1.03. The molecule has 0 aliphatic carbocycles. The van der Waals surface area contributed by atoms with Gasteiger partial charge in [-0.3, -0.25) is 0 Å². The van der Waals surface area contributed by atoms with Gasteiger partial charge in [0.2, 0.25) is 0 Å². The molecule has 9 rings (SSSR count). The van der Waals surface area contributed by atoms with Gasteiger partial charge >= 0.3 is 0 Å². The van der Waals surface area contributed by atoms with Crippen LogP contribution in [0.5, 0.6) is 0 Å². The van der Waals surface area contributed by atoms with Crippen molar-refractivity contribution in [1.29, 1.82) is 0 Å². The molecule has 0 heterocycles. The molecule has 0 aromatic heterocycles. The number of rotatable bonds is 7. The first-order chi connectivity index (χ1) is 25.3. The minimum absolute atomic E-state index is 0.876. The Morgan fingerprint density at radius 2 is 0.863 bits per heavy atom. The van der Waals surface area contributed by atoms with Gasteiger partial charge in [-0.2, -0.15) is 0 Å². The van der Waals surface area contributed by atoms with Crippen molar-refractivity contribution in [1.82, 2.24) is 0 Å². The molecule has 0 saturated carbocycles. The third-order valence-corrected chi connectivity index (χ3v) is 10.1. The maximum atomic E-state index is 2.32. The van der Waals surface area contributed by atoms with Gasteiger partial charge in [0.05, 0.1) is 0 Å². The molecule has 0 bridgehead atoms. The third kappa shape index (κ3) is 5.92. The first kappa shape index (κ1) is 30.6. The molecule has 9 aromatic carbocycles. The highest BCUT2D eigenvalue weighted by molar-refractivity contribution is 6.27. The molecule has 0 unspecified atom stereocenters. The van der Waals surface area contributed by atoms with Crippen molar-refractivity contribution in [2.24, 2.45) is 0 Å². The van der Waals surface area contributed by atoms with Crippen molar-refractivity contribution < 1.29 is 0 Å². The minimum Gasteiger partial charge on any atom is -0.0795 e. The van der Waals surface area contributed by atoms with Crippen LogP contribution >= 0.6 is 0 Å². The molecule has 51 heavy (non-hydrogen) atoms. The molecular weight excluding hydrogens is 613 g/mol. The first-order valence-electron chi connectivity index (χ1n) is 17.7. The van der Waals surface area contributed by atoms with E-state index < -0.39 is 0 Å². The van der Waals surface area contributed by atoms with Gasteiger partial charge < -0.3 is 0 Å². The molecule has 240 valence electrons. The minimum atomic E-state index is 0.876. The second-order valence-electron chi connectivity index (χ2n) is 13.2. The smallest absolute Gasteiger partial charge is 0.00141 e. The van der Waals surface area contributed by atoms with E-state index in [0.29, 0.717) is 0 Å². The zero-order valence-corrected chi connectivity index (χ0v) is 28.3. The SMILES string of the molecule is C(=C\c1ccc(-c2c3ccccc3c(-c3ccccc3)c3c2ccc2ccccc23)cc1)/Cc1cccc(-c2ccc(-c3ccccc3)cc2)c1. The van der Waals surface area contributed by atoms with Gasteiger partial charge in [-0.1, -0.05) is 206 Å². The molecule has 0 atom stereocenters. The van der Waals surface area contributed by atoms with E-state index in [-0.39, 0.29) is 0 Å². The number of fused-ring (bicyclic) bond motifs is 4. The summed E-state index contributed by atoms with van der Waals surface area (Å²) in [6, 6.07) is 70.5. The van der Waals surface area contributed by atoms with E-state index in [1.807, 2.05) is 0 Å². The molecule has 0 heteroatoms. The maximum absolute atomic E-state index is 2.32. The molecule has 0 radical (unpaired) electrons. The molecule has 9 aromatic rings. The normalized spacial score (nSPS) is 11.5. The standard InChI is InChI=1S/C51H36/c1-3-16-38(17-4-1)39-29-31-40(32-30-39)44-21-12-15-37(35-44)14-11-13-36-25-27-43(28-26-36)49-46-23-9-10-24-47(46)50(42-19-5-2-6-20-42)51-45-22-8-7-18-41(45)33-34-48(49)51/h1-13,15-35H,14H2/b13-11+. The van der Waals surface area contributed by atoms with Gasteiger partial charge in [0, 0.05) is 0 Å². The number of benzene rings is 9. The van der Waals surface area contributed by atoms with E-state index >= 15 is 0 Å². The predicted molar refractivity (Wildman–Crippen MR) is 220 cm³/mol. The van der Waals surface area contributed by atoms with Crippen molar-refractivity contribution in [3.05, 3.63) is 211 Å². The number of hydrogen-bond acceptors (Lipinski definition) is 0. The fourth-order valence-electron chi connectivity index (χ4n) is 7.62. The summed E-state index contributed by atoms with van der Waals surface area (Å²) in [5, 5.41) is 7.69. The second kappa shape index (κ2) is 13.4. The molecule has 0 saturated heterocycles. The van der Waals surface area contributed by atoms with Gasteiger partial charge in [0.1, 0.15) is 0 Å². The van der Waals surface area contributed by atoms with Crippen LogP contribution in [0, 0.1) is 0 Å². The van der Waals surface area contributed by atoms with Crippen LogP contribution in [0.25, 0.3) is 82.9 Å². The van der Waals surface area contributed by atoms with E-state index in [9.17, 15) is 0 Å². The summed E-state index contributed by atoms with van der Waals surface area (Å²) in [4.78, 5) is 0. The topological polar surface area (TPSA) is 0 Å². The zero-order chi connectivity index (χ0) is 34.0. The molecule has 0 aliphatic rings. The predicted octanol–water partition coefficient (Wildman–Crippen LogP) is 14.1.